The Morgan fingerprint density at radius 1 is 1.00 bits per heavy atom. The normalized spacial score (nSPS) is 43.8. The minimum absolute atomic E-state index is 0.0212. The van der Waals surface area contributed by atoms with Crippen LogP contribution in [0, 0.1) is 23.7 Å². The Morgan fingerprint density at radius 2 is 1.63 bits per heavy atom. The van der Waals surface area contributed by atoms with Crippen LogP contribution < -0.4 is 0 Å². The number of hydrogen-bond donors (Lipinski definition) is 0. The second-order valence-corrected chi connectivity index (χ2v) is 9.80. The van der Waals surface area contributed by atoms with Gasteiger partial charge in [0.25, 0.3) is 0 Å². The highest BCUT2D eigenvalue weighted by Crippen LogP contribution is 2.40. The summed E-state index contributed by atoms with van der Waals surface area (Å²) in [5, 5.41) is 0. The minimum Gasteiger partial charge on any atom is -0.458 e. The van der Waals surface area contributed by atoms with Gasteiger partial charge in [-0.25, -0.2) is 4.79 Å². The Hall–Kier alpha value is -1.63. The molecule has 0 N–H and O–H groups in total. The van der Waals surface area contributed by atoms with E-state index < -0.39 is 35.5 Å². The molecule has 2 rings (SSSR count). The van der Waals surface area contributed by atoms with E-state index in [1.54, 1.807) is 21.0 Å². The van der Waals surface area contributed by atoms with Gasteiger partial charge in [-0.2, -0.15) is 0 Å². The summed E-state index contributed by atoms with van der Waals surface area (Å²) < 4.78 is 22.6. The van der Waals surface area contributed by atoms with Crippen LogP contribution in [0.2, 0.25) is 0 Å². The molecule has 0 unspecified atom stereocenters. The highest BCUT2D eigenvalue weighted by atomic mass is 16.8. The summed E-state index contributed by atoms with van der Waals surface area (Å²) in [5.41, 5.74) is -1.73. The number of carbonyl (C=O) groups is 3. The number of carbonyl (C=O) groups excluding carboxylic acids is 3. The number of hydrogen-bond acceptors (Lipinski definition) is 7. The molecular weight excluding hydrogens is 388 g/mol. The van der Waals surface area contributed by atoms with E-state index in [4.69, 9.17) is 18.9 Å². The molecule has 7 nitrogen and oxygen atoms in total. The van der Waals surface area contributed by atoms with E-state index >= 15 is 0 Å². The van der Waals surface area contributed by atoms with E-state index in [2.05, 4.69) is 6.92 Å². The molecule has 2 heterocycles. The molecule has 0 amide bonds. The lowest BCUT2D eigenvalue weighted by molar-refractivity contribution is -0.171. The Balaban J connectivity index is 2.46. The molecule has 2 aliphatic rings. The van der Waals surface area contributed by atoms with Gasteiger partial charge in [0.2, 0.25) is 0 Å². The summed E-state index contributed by atoms with van der Waals surface area (Å²) in [6.45, 7) is 13.1. The van der Waals surface area contributed by atoms with Crippen molar-refractivity contribution in [2.24, 2.45) is 23.7 Å². The van der Waals surface area contributed by atoms with E-state index in [0.717, 1.165) is 6.42 Å². The zero-order chi connectivity index (χ0) is 22.9. The molecular formula is C23H38O7. The van der Waals surface area contributed by atoms with Gasteiger partial charge in [0, 0.05) is 13.0 Å². The molecule has 0 aromatic rings. The molecule has 8 atom stereocenters. The van der Waals surface area contributed by atoms with Gasteiger partial charge in [-0.15, -0.1) is 0 Å². The van der Waals surface area contributed by atoms with Crippen LogP contribution in [-0.4, -0.2) is 48.4 Å². The fourth-order valence-corrected chi connectivity index (χ4v) is 5.31. The van der Waals surface area contributed by atoms with Crippen LogP contribution in [0.1, 0.15) is 74.1 Å². The summed E-state index contributed by atoms with van der Waals surface area (Å²) in [6, 6.07) is 0. The molecule has 30 heavy (non-hydrogen) atoms. The molecule has 2 aliphatic heterocycles. The summed E-state index contributed by atoms with van der Waals surface area (Å²) in [7, 11) is 1.66. The van der Waals surface area contributed by atoms with E-state index in [9.17, 15) is 14.4 Å². The Labute approximate surface area is 180 Å². The number of rotatable bonds is 2. The molecule has 172 valence electrons. The van der Waals surface area contributed by atoms with Gasteiger partial charge < -0.3 is 18.9 Å². The van der Waals surface area contributed by atoms with Crippen molar-refractivity contribution in [1.82, 2.24) is 0 Å². The van der Waals surface area contributed by atoms with E-state index in [1.807, 2.05) is 27.7 Å². The predicted molar refractivity (Wildman–Crippen MR) is 111 cm³/mol. The molecule has 2 fully saturated rings. The first-order chi connectivity index (χ1) is 13.9. The maximum absolute atomic E-state index is 13.3. The van der Waals surface area contributed by atoms with Crippen LogP contribution >= 0.6 is 0 Å². The third-order valence-corrected chi connectivity index (χ3v) is 6.92. The number of esters is 1. The van der Waals surface area contributed by atoms with Crippen LogP contribution in [-0.2, 0) is 28.5 Å². The van der Waals surface area contributed by atoms with Crippen molar-refractivity contribution in [2.45, 2.75) is 97.6 Å². The van der Waals surface area contributed by atoms with Crippen LogP contribution in [0.3, 0.4) is 0 Å². The van der Waals surface area contributed by atoms with E-state index in [0.29, 0.717) is 19.3 Å². The lowest BCUT2D eigenvalue weighted by Gasteiger charge is -2.38. The van der Waals surface area contributed by atoms with Crippen molar-refractivity contribution in [3.63, 3.8) is 0 Å². The highest BCUT2D eigenvalue weighted by Gasteiger charge is 2.58. The molecule has 0 aliphatic carbocycles. The number of fused-ring (bicyclic) bond motifs is 1. The Bertz CT molecular complexity index is 662. The predicted octanol–water partition coefficient (Wildman–Crippen LogP) is 4.30. The monoisotopic (exact) mass is 426 g/mol. The summed E-state index contributed by atoms with van der Waals surface area (Å²) >= 11 is 0. The second-order valence-electron chi connectivity index (χ2n) is 9.80. The third kappa shape index (κ3) is 4.98. The second kappa shape index (κ2) is 9.25. The summed E-state index contributed by atoms with van der Waals surface area (Å²) in [6.07, 6.45) is -0.00805. The molecule has 0 aromatic carbocycles. The number of cyclic esters (lactones) is 1. The number of ether oxygens (including phenoxy) is 4. The van der Waals surface area contributed by atoms with Gasteiger partial charge in [-0.3, -0.25) is 9.59 Å². The summed E-state index contributed by atoms with van der Waals surface area (Å²) in [4.78, 5) is 38.2. The van der Waals surface area contributed by atoms with Gasteiger partial charge >= 0.3 is 12.1 Å². The van der Waals surface area contributed by atoms with Gasteiger partial charge in [0.15, 0.2) is 11.7 Å². The Kier molecular flexibility index (Phi) is 7.59. The topological polar surface area (TPSA) is 88.1 Å². The molecule has 0 bridgehead atoms. The molecule has 0 spiro atoms. The van der Waals surface area contributed by atoms with Crippen molar-refractivity contribution >= 4 is 17.9 Å². The van der Waals surface area contributed by atoms with Crippen LogP contribution in [0.25, 0.3) is 0 Å². The van der Waals surface area contributed by atoms with Crippen molar-refractivity contribution < 1.29 is 33.3 Å². The number of methoxy groups -OCH3 is 1. The van der Waals surface area contributed by atoms with Crippen LogP contribution in [0.15, 0.2) is 0 Å². The van der Waals surface area contributed by atoms with Gasteiger partial charge in [0.05, 0.1) is 17.4 Å². The average Bonchev–Trinajstić information content (AvgIpc) is 2.98. The standard InChI is InChI=1S/C23H38O7/c1-9-17-23(7)19(29-21(26)30-23)16(5)18(24)15(4)12-22(6,27-8)11-13(2)10-14(3)20(25)28-17/h13-17,19H,9-12H2,1-8H3/t13-,14+,15+,16-,17+,19+,22-,23+/m0/s1. The zero-order valence-corrected chi connectivity index (χ0v) is 19.7. The third-order valence-electron chi connectivity index (χ3n) is 6.92. The van der Waals surface area contributed by atoms with Gasteiger partial charge in [-0.1, -0.05) is 34.6 Å². The maximum atomic E-state index is 13.3. The number of Topliss-reactive ketones (excluding diaryl/α,β-unsaturated/α-hetero) is 1. The fourth-order valence-electron chi connectivity index (χ4n) is 5.31. The smallest absolute Gasteiger partial charge is 0.458 e. The highest BCUT2D eigenvalue weighted by molar-refractivity contribution is 5.84. The SMILES string of the molecule is CC[C@H]1OC(=O)[C@H](C)C[C@H](C)C[C@](C)(OC)C[C@@H](C)C(=O)[C@H](C)[C@H]2OC(=O)O[C@@]21C. The van der Waals surface area contributed by atoms with Gasteiger partial charge in [-0.05, 0) is 45.4 Å². The lowest BCUT2D eigenvalue weighted by atomic mass is 9.75. The average molecular weight is 427 g/mol. The molecule has 7 heteroatoms. The first-order valence-corrected chi connectivity index (χ1v) is 11.1. The van der Waals surface area contributed by atoms with Crippen LogP contribution in [0.5, 0.6) is 0 Å². The minimum atomic E-state index is -1.23. The van der Waals surface area contributed by atoms with Crippen molar-refractivity contribution in [3.05, 3.63) is 0 Å². The quantitative estimate of drug-likeness (QED) is 0.608. The maximum Gasteiger partial charge on any atom is 0.509 e. The van der Waals surface area contributed by atoms with Crippen molar-refractivity contribution in [3.8, 4) is 0 Å². The van der Waals surface area contributed by atoms with E-state index in [1.165, 1.54) is 0 Å². The summed E-state index contributed by atoms with van der Waals surface area (Å²) in [5.74, 6) is -1.36. The zero-order valence-electron chi connectivity index (χ0n) is 19.7. The fraction of sp³-hybridized carbons (Fsp3) is 0.870. The van der Waals surface area contributed by atoms with E-state index in [-0.39, 0.29) is 29.5 Å². The van der Waals surface area contributed by atoms with Crippen molar-refractivity contribution in [1.29, 1.82) is 0 Å². The largest absolute Gasteiger partial charge is 0.509 e. The molecule has 0 aromatic heterocycles. The Morgan fingerprint density at radius 3 is 2.20 bits per heavy atom. The number of ketones is 1. The molecule has 0 saturated carbocycles. The van der Waals surface area contributed by atoms with Crippen LogP contribution in [0.4, 0.5) is 4.79 Å². The molecule has 2 saturated heterocycles. The molecule has 0 radical (unpaired) electrons. The first-order valence-electron chi connectivity index (χ1n) is 11.1. The lowest BCUT2D eigenvalue weighted by Crippen LogP contribution is -2.54. The van der Waals surface area contributed by atoms with Gasteiger partial charge in [0.1, 0.15) is 11.9 Å². The first kappa shape index (κ1) is 24.6. The van der Waals surface area contributed by atoms with Crippen molar-refractivity contribution in [2.75, 3.05) is 7.11 Å².